The van der Waals surface area contributed by atoms with Gasteiger partial charge in [0, 0.05) is 25.0 Å². The van der Waals surface area contributed by atoms with Gasteiger partial charge in [0.2, 0.25) is 0 Å². The molecule has 1 aliphatic heterocycles. The van der Waals surface area contributed by atoms with E-state index in [1.807, 2.05) is 29.6 Å². The number of thiophene rings is 1. The van der Waals surface area contributed by atoms with Gasteiger partial charge in [-0.3, -0.25) is 9.69 Å². The smallest absolute Gasteiger partial charge is 0.268 e. The molecule has 3 aromatic rings. The highest BCUT2D eigenvalue weighted by atomic mass is 32.1. The number of benzene rings is 1. The van der Waals surface area contributed by atoms with Crippen LogP contribution in [0.15, 0.2) is 46.6 Å². The highest BCUT2D eigenvalue weighted by Crippen LogP contribution is 2.27. The van der Waals surface area contributed by atoms with E-state index in [0.29, 0.717) is 23.0 Å². The summed E-state index contributed by atoms with van der Waals surface area (Å²) < 4.78 is 0.689. The van der Waals surface area contributed by atoms with Crippen molar-refractivity contribution >= 4 is 21.6 Å². The molecule has 1 aliphatic rings. The summed E-state index contributed by atoms with van der Waals surface area (Å²) in [6.07, 6.45) is 0. The number of hydrogen-bond acceptors (Lipinski definition) is 5. The van der Waals surface area contributed by atoms with Crippen molar-refractivity contribution in [3.8, 4) is 0 Å². The first-order valence-corrected chi connectivity index (χ1v) is 8.58. The Balaban J connectivity index is 1.54. The van der Waals surface area contributed by atoms with Gasteiger partial charge in [-0.2, -0.15) is 0 Å². The van der Waals surface area contributed by atoms with Gasteiger partial charge < -0.3 is 10.7 Å². The molecule has 118 valence electrons. The molecule has 0 saturated carbocycles. The molecule has 3 N–H and O–H groups in total. The number of H-pyrrole nitrogens is 1. The molecule has 0 aliphatic carbocycles. The topological polar surface area (TPSA) is 75.0 Å². The van der Waals surface area contributed by atoms with E-state index in [1.54, 1.807) is 0 Å². The molecule has 3 heterocycles. The summed E-state index contributed by atoms with van der Waals surface area (Å²) in [6, 6.07) is 12.4. The molecule has 1 aromatic carbocycles. The first-order valence-electron chi connectivity index (χ1n) is 7.70. The Bertz CT molecular complexity index is 873. The summed E-state index contributed by atoms with van der Waals surface area (Å²) in [6.45, 7) is 2.32. The summed E-state index contributed by atoms with van der Waals surface area (Å²) >= 11 is 1.42. The molecule has 1 fully saturated rings. The Morgan fingerprint density at radius 2 is 2.09 bits per heavy atom. The van der Waals surface area contributed by atoms with E-state index in [0.717, 1.165) is 18.6 Å². The highest BCUT2D eigenvalue weighted by molar-refractivity contribution is 7.17. The average Bonchev–Trinajstić information content (AvgIpc) is 3.15. The highest BCUT2D eigenvalue weighted by Gasteiger charge is 2.31. The minimum Gasteiger partial charge on any atom is -0.326 e. The van der Waals surface area contributed by atoms with Crippen molar-refractivity contribution in [3.63, 3.8) is 0 Å². The zero-order chi connectivity index (χ0) is 15.8. The van der Waals surface area contributed by atoms with E-state index < -0.39 is 0 Å². The van der Waals surface area contributed by atoms with Crippen molar-refractivity contribution in [2.24, 2.45) is 5.73 Å². The van der Waals surface area contributed by atoms with Crippen LogP contribution in [-0.4, -0.2) is 34.0 Å². The molecule has 0 spiro atoms. The molecular weight excluding hydrogens is 308 g/mol. The normalized spacial score (nSPS) is 22.0. The number of nitrogens with zero attached hydrogens (tertiary/aromatic N) is 2. The lowest BCUT2D eigenvalue weighted by Gasteiger charge is -2.15. The molecule has 0 amide bonds. The van der Waals surface area contributed by atoms with Crippen LogP contribution in [-0.2, 0) is 6.54 Å². The third-order valence-electron chi connectivity index (χ3n) is 4.41. The quantitative estimate of drug-likeness (QED) is 0.771. The fourth-order valence-electron chi connectivity index (χ4n) is 3.30. The Kier molecular flexibility index (Phi) is 3.72. The minimum atomic E-state index is -0.0527. The van der Waals surface area contributed by atoms with Gasteiger partial charge in [0.1, 0.15) is 10.5 Å². The molecule has 4 rings (SSSR count). The molecule has 0 bridgehead atoms. The zero-order valence-electron chi connectivity index (χ0n) is 12.6. The molecule has 23 heavy (non-hydrogen) atoms. The number of fused-ring (bicyclic) bond motifs is 1. The Morgan fingerprint density at radius 3 is 2.91 bits per heavy atom. The first kappa shape index (κ1) is 14.6. The molecular formula is C17H18N4OS. The van der Waals surface area contributed by atoms with E-state index in [-0.39, 0.29) is 11.6 Å². The van der Waals surface area contributed by atoms with Crippen LogP contribution in [0, 0.1) is 0 Å². The summed E-state index contributed by atoms with van der Waals surface area (Å²) in [4.78, 5) is 21.8. The van der Waals surface area contributed by atoms with Crippen LogP contribution in [0.25, 0.3) is 10.2 Å². The number of likely N-dealkylation sites (tertiary alicyclic amines) is 1. The summed E-state index contributed by atoms with van der Waals surface area (Å²) in [5, 5.41) is 1.90. The molecule has 2 aromatic heterocycles. The van der Waals surface area contributed by atoms with E-state index in [2.05, 4.69) is 27.0 Å². The van der Waals surface area contributed by atoms with Gasteiger partial charge in [0.15, 0.2) is 0 Å². The molecule has 1 saturated heterocycles. The van der Waals surface area contributed by atoms with E-state index >= 15 is 0 Å². The zero-order valence-corrected chi connectivity index (χ0v) is 13.4. The fraction of sp³-hybridized carbons (Fsp3) is 0.294. The predicted octanol–water partition coefficient (Wildman–Crippen LogP) is 1.91. The maximum Gasteiger partial charge on any atom is 0.268 e. The standard InChI is InChI=1S/C17H18N4OS/c18-13-9-21(8-12(13)11-4-2-1-3-5-11)10-15-19-14-6-7-23-16(14)17(22)20-15/h1-7,12-13H,8-10,18H2,(H,19,20,22)/t12-,13+/m0/s1. The number of aromatic amines is 1. The lowest BCUT2D eigenvalue weighted by atomic mass is 9.95. The number of nitrogens with one attached hydrogen (secondary N) is 1. The summed E-state index contributed by atoms with van der Waals surface area (Å²) in [7, 11) is 0. The number of nitrogens with two attached hydrogens (primary N) is 1. The maximum absolute atomic E-state index is 12.1. The van der Waals surface area contributed by atoms with Crippen molar-refractivity contribution in [2.75, 3.05) is 13.1 Å². The fourth-order valence-corrected chi connectivity index (χ4v) is 4.03. The van der Waals surface area contributed by atoms with Gasteiger partial charge >= 0.3 is 0 Å². The van der Waals surface area contributed by atoms with Crippen molar-refractivity contribution in [3.05, 3.63) is 63.5 Å². The lowest BCUT2D eigenvalue weighted by Crippen LogP contribution is -2.29. The van der Waals surface area contributed by atoms with Crippen LogP contribution in [0.4, 0.5) is 0 Å². The number of aromatic nitrogens is 2. The van der Waals surface area contributed by atoms with Gasteiger partial charge in [-0.1, -0.05) is 30.3 Å². The van der Waals surface area contributed by atoms with Crippen LogP contribution < -0.4 is 11.3 Å². The second kappa shape index (κ2) is 5.88. The second-order valence-electron chi connectivity index (χ2n) is 6.02. The second-order valence-corrected chi connectivity index (χ2v) is 6.94. The third-order valence-corrected chi connectivity index (χ3v) is 5.31. The van der Waals surface area contributed by atoms with Crippen LogP contribution in [0.1, 0.15) is 17.3 Å². The number of hydrogen-bond donors (Lipinski definition) is 2. The van der Waals surface area contributed by atoms with Crippen molar-refractivity contribution in [2.45, 2.75) is 18.5 Å². The van der Waals surface area contributed by atoms with E-state index in [9.17, 15) is 4.79 Å². The Hall–Kier alpha value is -2.02. The van der Waals surface area contributed by atoms with E-state index in [1.165, 1.54) is 16.9 Å². The van der Waals surface area contributed by atoms with Crippen LogP contribution in [0.5, 0.6) is 0 Å². The first-order chi connectivity index (χ1) is 11.2. The van der Waals surface area contributed by atoms with Crippen LogP contribution in [0.2, 0.25) is 0 Å². The van der Waals surface area contributed by atoms with Gasteiger partial charge in [-0.15, -0.1) is 11.3 Å². The molecule has 0 radical (unpaired) electrons. The maximum atomic E-state index is 12.1. The SMILES string of the molecule is N[C@@H]1CN(Cc2nc3ccsc3c(=O)[nH]2)C[C@H]1c1ccccc1. The minimum absolute atomic E-state index is 0.0527. The van der Waals surface area contributed by atoms with Crippen molar-refractivity contribution in [1.29, 1.82) is 0 Å². The average molecular weight is 326 g/mol. The third kappa shape index (κ3) is 2.81. The van der Waals surface area contributed by atoms with Crippen molar-refractivity contribution < 1.29 is 0 Å². The van der Waals surface area contributed by atoms with E-state index in [4.69, 9.17) is 5.73 Å². The van der Waals surface area contributed by atoms with Crippen molar-refractivity contribution in [1.82, 2.24) is 14.9 Å². The summed E-state index contributed by atoms with van der Waals surface area (Å²) in [5.74, 6) is 1.04. The predicted molar refractivity (Wildman–Crippen MR) is 92.7 cm³/mol. The summed E-state index contributed by atoms with van der Waals surface area (Å²) in [5.41, 5.74) is 8.32. The Morgan fingerprint density at radius 1 is 1.26 bits per heavy atom. The lowest BCUT2D eigenvalue weighted by molar-refractivity contribution is 0.315. The molecule has 5 nitrogen and oxygen atoms in total. The van der Waals surface area contributed by atoms with Gasteiger partial charge in [0.25, 0.3) is 5.56 Å². The largest absolute Gasteiger partial charge is 0.326 e. The molecule has 6 heteroatoms. The Labute approximate surface area is 137 Å². The van der Waals surface area contributed by atoms with Crippen LogP contribution >= 0.6 is 11.3 Å². The number of rotatable bonds is 3. The van der Waals surface area contributed by atoms with Gasteiger partial charge in [-0.05, 0) is 17.0 Å². The van der Waals surface area contributed by atoms with Gasteiger partial charge in [0.05, 0.1) is 12.1 Å². The molecule has 2 atom stereocenters. The molecule has 0 unspecified atom stereocenters. The monoisotopic (exact) mass is 326 g/mol. The van der Waals surface area contributed by atoms with Crippen LogP contribution in [0.3, 0.4) is 0 Å². The van der Waals surface area contributed by atoms with Gasteiger partial charge in [-0.25, -0.2) is 4.98 Å².